The summed E-state index contributed by atoms with van der Waals surface area (Å²) in [5, 5.41) is 7.32. The number of nitrogens with zero attached hydrogens (tertiary/aromatic N) is 3. The van der Waals surface area contributed by atoms with Gasteiger partial charge in [0.25, 0.3) is 5.91 Å². The van der Waals surface area contributed by atoms with Gasteiger partial charge in [-0.05, 0) is 44.4 Å². The maximum atomic E-state index is 12.8. The quantitative estimate of drug-likeness (QED) is 0.916. The molecular weight excluding hydrogens is 292 g/mol. The maximum absolute atomic E-state index is 12.8. The Morgan fingerprint density at radius 3 is 2.78 bits per heavy atom. The molecule has 124 valence electrons. The molecule has 1 saturated carbocycles. The first-order chi connectivity index (χ1) is 11.2. The van der Waals surface area contributed by atoms with E-state index in [2.05, 4.69) is 10.2 Å². The molecular formula is C17H24N4O2. The second kappa shape index (κ2) is 5.98. The smallest absolute Gasteiger partial charge is 0.274 e. The number of carbonyl (C=O) groups is 2. The fraction of sp³-hybridized carbons (Fsp3) is 0.706. The summed E-state index contributed by atoms with van der Waals surface area (Å²) >= 11 is 0. The van der Waals surface area contributed by atoms with Crippen LogP contribution in [0.3, 0.4) is 0 Å². The molecule has 3 aliphatic rings. The van der Waals surface area contributed by atoms with Gasteiger partial charge in [0.15, 0.2) is 5.69 Å². The molecule has 1 aromatic heterocycles. The van der Waals surface area contributed by atoms with Crippen molar-refractivity contribution in [1.29, 1.82) is 0 Å². The van der Waals surface area contributed by atoms with Crippen molar-refractivity contribution in [3.63, 3.8) is 0 Å². The first kappa shape index (κ1) is 14.7. The van der Waals surface area contributed by atoms with Crippen molar-refractivity contribution in [1.82, 2.24) is 20.0 Å². The lowest BCUT2D eigenvalue weighted by atomic mass is 9.95. The lowest BCUT2D eigenvalue weighted by Gasteiger charge is -2.22. The predicted octanol–water partition coefficient (Wildman–Crippen LogP) is 1.37. The largest absolute Gasteiger partial charge is 0.341 e. The number of aromatic nitrogens is 2. The van der Waals surface area contributed by atoms with E-state index in [9.17, 15) is 9.59 Å². The Hall–Kier alpha value is -1.85. The van der Waals surface area contributed by atoms with E-state index >= 15 is 0 Å². The van der Waals surface area contributed by atoms with Gasteiger partial charge in [0.05, 0.1) is 0 Å². The van der Waals surface area contributed by atoms with Crippen LogP contribution in [0.5, 0.6) is 0 Å². The fourth-order valence-corrected chi connectivity index (χ4v) is 3.68. The number of carbonyl (C=O) groups excluding carboxylic acids is 2. The van der Waals surface area contributed by atoms with Crippen LogP contribution in [0.15, 0.2) is 0 Å². The van der Waals surface area contributed by atoms with Crippen molar-refractivity contribution in [3.05, 3.63) is 17.0 Å². The van der Waals surface area contributed by atoms with Gasteiger partial charge in [0.1, 0.15) is 0 Å². The van der Waals surface area contributed by atoms with Gasteiger partial charge < -0.3 is 9.80 Å². The van der Waals surface area contributed by atoms with Crippen LogP contribution in [-0.4, -0.2) is 58.0 Å². The molecule has 23 heavy (non-hydrogen) atoms. The van der Waals surface area contributed by atoms with E-state index in [1.807, 2.05) is 9.80 Å². The first-order valence-electron chi connectivity index (χ1n) is 8.85. The lowest BCUT2D eigenvalue weighted by Crippen LogP contribution is -2.37. The summed E-state index contributed by atoms with van der Waals surface area (Å²) in [5.74, 6) is 0.876. The van der Waals surface area contributed by atoms with Gasteiger partial charge in [-0.2, -0.15) is 5.10 Å². The summed E-state index contributed by atoms with van der Waals surface area (Å²) in [6.45, 7) is 2.67. The van der Waals surface area contributed by atoms with E-state index in [1.165, 1.54) is 12.8 Å². The second-order valence-electron chi connectivity index (χ2n) is 7.06. The zero-order chi connectivity index (χ0) is 15.8. The number of amides is 2. The molecule has 1 aliphatic heterocycles. The number of hydrogen-bond donors (Lipinski definition) is 1. The van der Waals surface area contributed by atoms with Crippen LogP contribution < -0.4 is 0 Å². The van der Waals surface area contributed by atoms with Crippen LogP contribution in [0.2, 0.25) is 0 Å². The Bertz CT molecular complexity index is 620. The van der Waals surface area contributed by atoms with Gasteiger partial charge >= 0.3 is 0 Å². The lowest BCUT2D eigenvalue weighted by molar-refractivity contribution is -0.130. The highest BCUT2D eigenvalue weighted by Crippen LogP contribution is 2.30. The number of rotatable bonds is 3. The molecule has 6 nitrogen and oxygen atoms in total. The van der Waals surface area contributed by atoms with E-state index in [4.69, 9.17) is 0 Å². The third-order valence-corrected chi connectivity index (χ3v) is 5.31. The monoisotopic (exact) mass is 316 g/mol. The number of H-pyrrole nitrogens is 1. The Morgan fingerprint density at radius 1 is 1.13 bits per heavy atom. The molecule has 4 rings (SSSR count). The Kier molecular flexibility index (Phi) is 3.83. The number of nitrogens with one attached hydrogen (secondary N) is 1. The molecule has 0 spiro atoms. The summed E-state index contributed by atoms with van der Waals surface area (Å²) in [6, 6.07) is 0. The molecule has 2 heterocycles. The van der Waals surface area contributed by atoms with E-state index < -0.39 is 0 Å². The van der Waals surface area contributed by atoms with Gasteiger partial charge in [-0.3, -0.25) is 14.7 Å². The Balaban J connectivity index is 1.46. The Labute approximate surface area is 136 Å². The van der Waals surface area contributed by atoms with Crippen LogP contribution in [0.4, 0.5) is 0 Å². The minimum atomic E-state index is -0.00882. The number of hydrogen-bond acceptors (Lipinski definition) is 3. The maximum Gasteiger partial charge on any atom is 0.274 e. The molecule has 0 aromatic carbocycles. The standard InChI is InChI=1S/C17H24N4O2/c22-15-7-8-20(9-10-21(15)11-12-5-6-12)17(23)16-13-3-1-2-4-14(13)18-19-16/h12H,1-11H2,(H,18,19). The second-order valence-corrected chi connectivity index (χ2v) is 7.06. The van der Waals surface area contributed by atoms with E-state index in [1.54, 1.807) is 0 Å². The molecule has 1 N–H and O–H groups in total. The third kappa shape index (κ3) is 2.99. The molecule has 0 atom stereocenters. The average Bonchev–Trinajstić information content (AvgIpc) is 3.31. The highest BCUT2D eigenvalue weighted by molar-refractivity contribution is 5.94. The highest BCUT2D eigenvalue weighted by Gasteiger charge is 2.31. The van der Waals surface area contributed by atoms with Crippen molar-refractivity contribution in [2.45, 2.75) is 44.9 Å². The highest BCUT2D eigenvalue weighted by atomic mass is 16.2. The van der Waals surface area contributed by atoms with Crippen LogP contribution >= 0.6 is 0 Å². The van der Waals surface area contributed by atoms with Gasteiger partial charge in [-0.25, -0.2) is 0 Å². The topological polar surface area (TPSA) is 69.3 Å². The van der Waals surface area contributed by atoms with Crippen LogP contribution in [-0.2, 0) is 17.6 Å². The molecule has 2 fully saturated rings. The summed E-state index contributed by atoms with van der Waals surface area (Å²) in [4.78, 5) is 28.8. The molecule has 6 heteroatoms. The van der Waals surface area contributed by atoms with Crippen molar-refractivity contribution in [3.8, 4) is 0 Å². The predicted molar refractivity (Wildman–Crippen MR) is 85.1 cm³/mol. The molecule has 0 radical (unpaired) electrons. The van der Waals surface area contributed by atoms with Gasteiger partial charge in [-0.1, -0.05) is 0 Å². The summed E-state index contributed by atoms with van der Waals surface area (Å²) in [5.41, 5.74) is 2.82. The molecule has 0 unspecified atom stereocenters. The normalized spacial score (nSPS) is 22.0. The van der Waals surface area contributed by atoms with Gasteiger partial charge in [0.2, 0.25) is 5.91 Å². The minimum Gasteiger partial charge on any atom is -0.341 e. The fourth-order valence-electron chi connectivity index (χ4n) is 3.68. The van der Waals surface area contributed by atoms with E-state index in [-0.39, 0.29) is 11.8 Å². The van der Waals surface area contributed by atoms with Crippen molar-refractivity contribution in [2.75, 3.05) is 26.2 Å². The van der Waals surface area contributed by atoms with Gasteiger partial charge in [-0.15, -0.1) is 0 Å². The molecule has 2 amide bonds. The van der Waals surface area contributed by atoms with Crippen LogP contribution in [0, 0.1) is 5.92 Å². The van der Waals surface area contributed by atoms with Crippen molar-refractivity contribution in [2.24, 2.45) is 5.92 Å². The Morgan fingerprint density at radius 2 is 1.96 bits per heavy atom. The van der Waals surface area contributed by atoms with E-state index in [0.29, 0.717) is 37.7 Å². The van der Waals surface area contributed by atoms with Crippen molar-refractivity contribution >= 4 is 11.8 Å². The zero-order valence-corrected chi connectivity index (χ0v) is 13.5. The summed E-state index contributed by atoms with van der Waals surface area (Å²) in [7, 11) is 0. The van der Waals surface area contributed by atoms with Crippen LogP contribution in [0.1, 0.15) is 53.8 Å². The molecule has 2 aliphatic carbocycles. The molecule has 1 aromatic rings. The minimum absolute atomic E-state index is 0.00882. The number of aromatic amines is 1. The van der Waals surface area contributed by atoms with Gasteiger partial charge in [0, 0.05) is 43.9 Å². The SMILES string of the molecule is O=C1CCN(C(=O)c2n[nH]c3c2CCCC3)CCN1CC1CC1. The number of fused-ring (bicyclic) bond motifs is 1. The average molecular weight is 316 g/mol. The molecule has 0 bridgehead atoms. The zero-order valence-electron chi connectivity index (χ0n) is 13.5. The van der Waals surface area contributed by atoms with Crippen LogP contribution in [0.25, 0.3) is 0 Å². The van der Waals surface area contributed by atoms with Crippen molar-refractivity contribution < 1.29 is 9.59 Å². The number of aryl methyl sites for hydroxylation is 1. The molecule has 1 saturated heterocycles. The first-order valence-corrected chi connectivity index (χ1v) is 8.85. The summed E-state index contributed by atoms with van der Waals surface area (Å²) < 4.78 is 0. The summed E-state index contributed by atoms with van der Waals surface area (Å²) in [6.07, 6.45) is 7.14. The van der Waals surface area contributed by atoms with E-state index in [0.717, 1.165) is 43.5 Å². The third-order valence-electron chi connectivity index (χ3n) is 5.31.